The van der Waals surface area contributed by atoms with Crippen LogP contribution in [0.25, 0.3) is 0 Å². The highest BCUT2D eigenvalue weighted by atomic mass is 32.2. The lowest BCUT2D eigenvalue weighted by Crippen LogP contribution is -2.38. The minimum Gasteiger partial charge on any atom is -0.355 e. The molecule has 0 atom stereocenters. The van der Waals surface area contributed by atoms with Gasteiger partial charge in [0, 0.05) is 31.0 Å². The molecule has 2 aromatic carbocycles. The summed E-state index contributed by atoms with van der Waals surface area (Å²) in [6, 6.07) is 15.3. The molecule has 0 aliphatic carbocycles. The maximum absolute atomic E-state index is 13.3. The molecule has 172 valence electrons. The molecule has 9 heteroatoms. The van der Waals surface area contributed by atoms with Crippen LogP contribution in [0.15, 0.2) is 65.8 Å². The van der Waals surface area contributed by atoms with Crippen molar-refractivity contribution < 1.29 is 17.6 Å². The molecule has 1 saturated heterocycles. The Morgan fingerprint density at radius 1 is 1.12 bits per heavy atom. The minimum atomic E-state index is -4.04. The van der Waals surface area contributed by atoms with Gasteiger partial charge >= 0.3 is 0 Å². The number of carbonyl (C=O) groups excluding carboxylic acids is 1. The molecule has 1 amide bonds. The van der Waals surface area contributed by atoms with E-state index in [0.29, 0.717) is 24.5 Å². The van der Waals surface area contributed by atoms with E-state index in [1.165, 1.54) is 24.4 Å². The Bertz CT molecular complexity index is 1270. The summed E-state index contributed by atoms with van der Waals surface area (Å²) in [4.78, 5) is 19.0. The van der Waals surface area contributed by atoms with Crippen molar-refractivity contribution in [3.8, 4) is 0 Å². The fraction of sp³-hybridized carbons (Fsp3) is 0.250. The van der Waals surface area contributed by atoms with Gasteiger partial charge in [0.2, 0.25) is 0 Å². The minimum absolute atomic E-state index is 0.240. The molecule has 1 aromatic heterocycles. The quantitative estimate of drug-likeness (QED) is 0.590. The largest absolute Gasteiger partial charge is 0.355 e. The maximum atomic E-state index is 13.3. The number of carbonyl (C=O) groups is 1. The van der Waals surface area contributed by atoms with Crippen molar-refractivity contribution in [3.05, 3.63) is 83.3 Å². The molecule has 33 heavy (non-hydrogen) atoms. The summed E-state index contributed by atoms with van der Waals surface area (Å²) in [5.41, 5.74) is 3.38. The van der Waals surface area contributed by atoms with Gasteiger partial charge in [-0.1, -0.05) is 24.3 Å². The number of aryl methyl sites for hydroxylation is 1. The van der Waals surface area contributed by atoms with Gasteiger partial charge in [-0.15, -0.1) is 0 Å². The van der Waals surface area contributed by atoms with E-state index in [9.17, 15) is 17.6 Å². The third-order valence-corrected chi connectivity index (χ3v) is 6.63. The number of benzene rings is 2. The van der Waals surface area contributed by atoms with E-state index >= 15 is 0 Å². The average Bonchev–Trinajstić information content (AvgIpc) is 2.79. The first-order valence-corrected chi connectivity index (χ1v) is 12.2. The van der Waals surface area contributed by atoms with E-state index < -0.39 is 10.0 Å². The lowest BCUT2D eigenvalue weighted by Gasteiger charge is -2.32. The van der Waals surface area contributed by atoms with Crippen molar-refractivity contribution >= 4 is 27.3 Å². The molecule has 0 saturated carbocycles. The average molecular weight is 469 g/mol. The maximum Gasteiger partial charge on any atom is 0.257 e. The molecule has 0 unspecified atom stereocenters. The van der Waals surface area contributed by atoms with Crippen molar-refractivity contribution in [2.45, 2.75) is 30.7 Å². The number of piperidine rings is 1. The fourth-order valence-corrected chi connectivity index (χ4v) is 4.55. The number of likely N-dealkylation sites (tertiary alicyclic amines) is 1. The van der Waals surface area contributed by atoms with Crippen LogP contribution in [-0.2, 0) is 10.0 Å². The normalized spacial score (nSPS) is 14.8. The molecule has 3 aromatic rings. The highest BCUT2D eigenvalue weighted by Gasteiger charge is 2.27. The van der Waals surface area contributed by atoms with Crippen LogP contribution in [0.3, 0.4) is 0 Å². The van der Waals surface area contributed by atoms with E-state index in [1.54, 1.807) is 17.0 Å². The van der Waals surface area contributed by atoms with E-state index in [0.717, 1.165) is 24.0 Å². The van der Waals surface area contributed by atoms with Crippen molar-refractivity contribution in [3.63, 3.8) is 0 Å². The summed E-state index contributed by atoms with van der Waals surface area (Å²) < 4.78 is 36.9. The monoisotopic (exact) mass is 468 g/mol. The number of anilines is 2. The summed E-state index contributed by atoms with van der Waals surface area (Å²) in [7, 11) is -4.04. The Kier molecular flexibility index (Phi) is 6.44. The van der Waals surface area contributed by atoms with Crippen molar-refractivity contribution in [2.75, 3.05) is 18.4 Å². The van der Waals surface area contributed by atoms with Gasteiger partial charge in [0.1, 0.15) is 5.82 Å². The van der Waals surface area contributed by atoms with Gasteiger partial charge in [-0.25, -0.2) is 22.9 Å². The Morgan fingerprint density at radius 2 is 1.82 bits per heavy atom. The zero-order valence-electron chi connectivity index (χ0n) is 18.2. The zero-order chi connectivity index (χ0) is 23.6. The lowest BCUT2D eigenvalue weighted by atomic mass is 9.89. The zero-order valence-corrected chi connectivity index (χ0v) is 19.0. The lowest BCUT2D eigenvalue weighted by molar-refractivity contribution is 0.0713. The summed E-state index contributed by atoms with van der Waals surface area (Å²) in [6.45, 7) is 2.99. The number of hydrogen-bond acceptors (Lipinski definition) is 5. The van der Waals surface area contributed by atoms with Gasteiger partial charge in [0.15, 0.2) is 5.03 Å². The van der Waals surface area contributed by atoms with E-state index in [1.807, 2.05) is 31.2 Å². The highest BCUT2D eigenvalue weighted by Crippen LogP contribution is 2.30. The molecule has 3 N–H and O–H groups in total. The third kappa shape index (κ3) is 5.37. The second-order valence-electron chi connectivity index (χ2n) is 8.23. The Morgan fingerprint density at radius 3 is 2.45 bits per heavy atom. The van der Waals surface area contributed by atoms with Gasteiger partial charge in [-0.05, 0) is 61.1 Å². The molecule has 1 aliphatic heterocycles. The molecule has 7 nitrogen and oxygen atoms in total. The van der Waals surface area contributed by atoms with E-state index in [2.05, 4.69) is 10.3 Å². The summed E-state index contributed by atoms with van der Waals surface area (Å²) in [5, 5.41) is 8.08. The number of pyridine rings is 1. The van der Waals surface area contributed by atoms with Gasteiger partial charge in [0.05, 0.1) is 11.3 Å². The third-order valence-electron chi connectivity index (χ3n) is 5.82. The first-order chi connectivity index (χ1) is 15.7. The molecular weight excluding hydrogens is 443 g/mol. The highest BCUT2D eigenvalue weighted by molar-refractivity contribution is 7.89. The number of primary sulfonamides is 1. The summed E-state index contributed by atoms with van der Waals surface area (Å²) >= 11 is 0. The number of nitrogens with one attached hydrogen (secondary N) is 1. The van der Waals surface area contributed by atoms with Crippen LogP contribution in [0.2, 0.25) is 0 Å². The van der Waals surface area contributed by atoms with Crippen LogP contribution in [0, 0.1) is 12.7 Å². The molecular formula is C24H25FN4O3S. The van der Waals surface area contributed by atoms with Gasteiger partial charge in [0.25, 0.3) is 15.9 Å². The SMILES string of the molecule is Cc1cccc(Nc2cc(S(N)(=O)=O)ncc2C(=O)N2CCC(c3ccc(F)cc3)CC2)c1. The second-order valence-corrected chi connectivity index (χ2v) is 9.73. The van der Waals surface area contributed by atoms with Crippen LogP contribution in [0.1, 0.15) is 40.2 Å². The first kappa shape index (κ1) is 22.9. The number of sulfonamides is 1. The Labute approximate surface area is 192 Å². The number of halogens is 1. The summed E-state index contributed by atoms with van der Waals surface area (Å²) in [5.74, 6) is -0.256. The molecule has 0 spiro atoms. The number of aromatic nitrogens is 1. The van der Waals surface area contributed by atoms with Crippen molar-refractivity contribution in [2.24, 2.45) is 5.14 Å². The van der Waals surface area contributed by atoms with Crippen LogP contribution in [0.4, 0.5) is 15.8 Å². The van der Waals surface area contributed by atoms with Gasteiger partial charge in [-0.3, -0.25) is 4.79 Å². The first-order valence-electron chi connectivity index (χ1n) is 10.6. The van der Waals surface area contributed by atoms with Crippen LogP contribution in [-0.4, -0.2) is 37.3 Å². The molecule has 2 heterocycles. The number of amides is 1. The number of nitrogens with two attached hydrogens (primary N) is 1. The smallest absolute Gasteiger partial charge is 0.257 e. The molecule has 0 bridgehead atoms. The molecule has 4 rings (SSSR count). The molecule has 1 aliphatic rings. The summed E-state index contributed by atoms with van der Waals surface area (Å²) in [6.07, 6.45) is 2.76. The van der Waals surface area contributed by atoms with E-state index in [-0.39, 0.29) is 28.2 Å². The van der Waals surface area contributed by atoms with Gasteiger partial charge in [-0.2, -0.15) is 0 Å². The topological polar surface area (TPSA) is 105 Å². The number of nitrogens with zero attached hydrogens (tertiary/aromatic N) is 2. The second kappa shape index (κ2) is 9.29. The molecule has 1 fully saturated rings. The van der Waals surface area contributed by atoms with Crippen LogP contribution in [0.5, 0.6) is 0 Å². The van der Waals surface area contributed by atoms with Crippen molar-refractivity contribution in [1.82, 2.24) is 9.88 Å². The predicted octanol–water partition coefficient (Wildman–Crippen LogP) is 3.94. The number of hydrogen-bond donors (Lipinski definition) is 2. The fourth-order valence-electron chi connectivity index (χ4n) is 4.07. The van der Waals surface area contributed by atoms with Crippen LogP contribution < -0.4 is 10.5 Å². The van der Waals surface area contributed by atoms with Crippen LogP contribution >= 0.6 is 0 Å². The van der Waals surface area contributed by atoms with Crippen molar-refractivity contribution in [1.29, 1.82) is 0 Å². The Hall–Kier alpha value is -3.30. The van der Waals surface area contributed by atoms with E-state index in [4.69, 9.17) is 5.14 Å². The Balaban J connectivity index is 1.57. The molecule has 0 radical (unpaired) electrons. The predicted molar refractivity (Wildman–Crippen MR) is 124 cm³/mol. The van der Waals surface area contributed by atoms with Gasteiger partial charge < -0.3 is 10.2 Å². The number of rotatable bonds is 5. The standard InChI is InChI=1S/C24H25FN4O3S/c1-16-3-2-4-20(13-16)28-22-14-23(33(26,31)32)27-15-21(22)24(30)29-11-9-18(10-12-29)17-5-7-19(25)8-6-17/h2-8,13-15,18H,9-12H2,1H3,(H,27,28)(H2,26,31,32).